The number of sulfonamides is 1. The molecule has 8 nitrogen and oxygen atoms in total. The molecule has 2 unspecified atom stereocenters. The number of amides is 1. The number of nitrogens with one attached hydrogen (secondary N) is 2. The van der Waals surface area contributed by atoms with Crippen molar-refractivity contribution in [3.63, 3.8) is 0 Å². The van der Waals surface area contributed by atoms with Gasteiger partial charge in [0.1, 0.15) is 6.61 Å². The molecule has 2 heterocycles. The number of aromatic nitrogens is 2. The van der Waals surface area contributed by atoms with Crippen molar-refractivity contribution in [2.75, 3.05) is 11.3 Å². The van der Waals surface area contributed by atoms with Crippen molar-refractivity contribution >= 4 is 21.9 Å². The van der Waals surface area contributed by atoms with Crippen LogP contribution in [0, 0.1) is 25.7 Å². The van der Waals surface area contributed by atoms with Crippen LogP contribution in [0.2, 0.25) is 0 Å². The van der Waals surface area contributed by atoms with Crippen LogP contribution < -0.4 is 14.8 Å². The van der Waals surface area contributed by atoms with Crippen molar-refractivity contribution in [3.8, 4) is 17.1 Å². The van der Waals surface area contributed by atoms with Crippen molar-refractivity contribution in [1.82, 2.24) is 15.3 Å². The number of aryl methyl sites for hydroxylation is 2. The molecule has 2 aromatic rings. The quantitative estimate of drug-likeness (QED) is 0.731. The van der Waals surface area contributed by atoms with E-state index in [0.29, 0.717) is 24.5 Å². The van der Waals surface area contributed by atoms with E-state index in [2.05, 4.69) is 33.9 Å². The van der Waals surface area contributed by atoms with E-state index < -0.39 is 21.2 Å². The standard InChI is InChI=1S/C23H30N4O4S/c1-13(2)10-16-12-31-20-11-18(21-14(3)6-5-7-15(21)4)25-23(26-20)27-32(29,30)19-9-8-17(19)22(28)24-16/h5-7,11,13,16-17,19H,8-10,12H2,1-4H3,(H,24,28)(H,25,26,27)/t16-,17?,19?/m1/s1. The van der Waals surface area contributed by atoms with E-state index in [1.54, 1.807) is 6.07 Å². The lowest BCUT2D eigenvalue weighted by molar-refractivity contribution is -0.128. The minimum atomic E-state index is -3.83. The summed E-state index contributed by atoms with van der Waals surface area (Å²) in [6.07, 6.45) is 1.69. The molecule has 1 fully saturated rings. The Morgan fingerprint density at radius 2 is 1.88 bits per heavy atom. The molecule has 172 valence electrons. The highest BCUT2D eigenvalue weighted by atomic mass is 32.2. The first-order valence-corrected chi connectivity index (χ1v) is 12.6. The molecule has 1 aliphatic heterocycles. The molecule has 3 atom stereocenters. The second-order valence-corrected chi connectivity index (χ2v) is 11.1. The van der Waals surface area contributed by atoms with Gasteiger partial charge in [-0.25, -0.2) is 13.4 Å². The predicted octanol–water partition coefficient (Wildman–Crippen LogP) is 3.20. The Bertz CT molecular complexity index is 1110. The molecular formula is C23H30N4O4S. The highest BCUT2D eigenvalue weighted by molar-refractivity contribution is 7.93. The number of benzene rings is 1. The summed E-state index contributed by atoms with van der Waals surface area (Å²) in [6, 6.07) is 7.43. The Hall–Kier alpha value is -2.68. The van der Waals surface area contributed by atoms with E-state index in [1.807, 2.05) is 32.0 Å². The topological polar surface area (TPSA) is 110 Å². The molecule has 32 heavy (non-hydrogen) atoms. The smallest absolute Gasteiger partial charge is 0.240 e. The first kappa shape index (κ1) is 22.5. The maximum absolute atomic E-state index is 13.1. The molecule has 0 spiro atoms. The molecule has 2 aliphatic rings. The first-order chi connectivity index (χ1) is 15.1. The normalized spacial score (nSPS) is 24.7. The number of anilines is 1. The van der Waals surface area contributed by atoms with Gasteiger partial charge in [0, 0.05) is 11.6 Å². The lowest BCUT2D eigenvalue weighted by Crippen LogP contribution is -2.53. The summed E-state index contributed by atoms with van der Waals surface area (Å²) in [4.78, 5) is 21.6. The zero-order chi connectivity index (χ0) is 23.0. The Morgan fingerprint density at radius 1 is 1.16 bits per heavy atom. The summed E-state index contributed by atoms with van der Waals surface area (Å²) in [5.41, 5.74) is 3.55. The number of ether oxygens (including phenoxy) is 1. The monoisotopic (exact) mass is 458 g/mol. The fourth-order valence-corrected chi connectivity index (χ4v) is 6.10. The van der Waals surface area contributed by atoms with Gasteiger partial charge >= 0.3 is 0 Å². The third-order valence-electron chi connectivity index (χ3n) is 6.15. The number of rotatable bonds is 3. The van der Waals surface area contributed by atoms with Gasteiger partial charge in [-0.2, -0.15) is 4.98 Å². The molecule has 1 aromatic heterocycles. The fraction of sp³-hybridized carbons (Fsp3) is 0.522. The van der Waals surface area contributed by atoms with Crippen molar-refractivity contribution < 1.29 is 17.9 Å². The maximum atomic E-state index is 13.1. The third-order valence-corrected chi connectivity index (χ3v) is 7.98. The molecule has 1 amide bonds. The molecule has 0 radical (unpaired) electrons. The number of nitrogens with zero attached hydrogens (tertiary/aromatic N) is 2. The van der Waals surface area contributed by atoms with Crippen molar-refractivity contribution in [2.45, 2.75) is 58.2 Å². The average molecular weight is 459 g/mol. The molecule has 1 aromatic carbocycles. The minimum Gasteiger partial charge on any atom is -0.475 e. The van der Waals surface area contributed by atoms with Crippen LogP contribution in [0.15, 0.2) is 24.3 Å². The summed E-state index contributed by atoms with van der Waals surface area (Å²) < 4.78 is 34.6. The molecule has 4 rings (SSSR count). The van der Waals surface area contributed by atoms with Crippen molar-refractivity contribution in [1.29, 1.82) is 0 Å². The van der Waals surface area contributed by atoms with Gasteiger partial charge in [-0.15, -0.1) is 0 Å². The van der Waals surface area contributed by atoms with Gasteiger partial charge in [0.25, 0.3) is 0 Å². The summed E-state index contributed by atoms with van der Waals surface area (Å²) in [7, 11) is -3.83. The molecule has 2 N–H and O–H groups in total. The highest BCUT2D eigenvalue weighted by Gasteiger charge is 2.46. The van der Waals surface area contributed by atoms with Crippen LogP contribution in [0.25, 0.3) is 11.3 Å². The van der Waals surface area contributed by atoms with Crippen LogP contribution in [-0.4, -0.2) is 42.2 Å². The van der Waals surface area contributed by atoms with Crippen molar-refractivity contribution in [2.24, 2.45) is 11.8 Å². The first-order valence-electron chi connectivity index (χ1n) is 11.0. The summed E-state index contributed by atoms with van der Waals surface area (Å²) in [5.74, 6) is -0.244. The van der Waals surface area contributed by atoms with Crippen molar-refractivity contribution in [3.05, 3.63) is 35.4 Å². The highest BCUT2D eigenvalue weighted by Crippen LogP contribution is 2.35. The summed E-state index contributed by atoms with van der Waals surface area (Å²) in [5, 5.41) is 2.22. The third kappa shape index (κ3) is 4.57. The van der Waals surface area contributed by atoms with Gasteiger partial charge in [-0.1, -0.05) is 32.0 Å². The Morgan fingerprint density at radius 3 is 2.50 bits per heavy atom. The Labute approximate surface area is 189 Å². The lowest BCUT2D eigenvalue weighted by Gasteiger charge is -2.36. The number of carbonyl (C=O) groups excluding carboxylic acids is 1. The fourth-order valence-electron chi connectivity index (χ4n) is 4.47. The lowest BCUT2D eigenvalue weighted by atomic mass is 9.83. The number of carbonyl (C=O) groups is 1. The second kappa shape index (κ2) is 8.69. The average Bonchev–Trinajstić information content (AvgIpc) is 2.63. The van der Waals surface area contributed by atoms with Gasteiger partial charge in [-0.05, 0) is 50.2 Å². The predicted molar refractivity (Wildman–Crippen MR) is 123 cm³/mol. The molecule has 2 bridgehead atoms. The van der Waals surface area contributed by atoms with E-state index in [4.69, 9.17) is 4.74 Å². The zero-order valence-electron chi connectivity index (χ0n) is 18.9. The van der Waals surface area contributed by atoms with Crippen LogP contribution in [-0.2, 0) is 14.8 Å². The van der Waals surface area contributed by atoms with Crippen LogP contribution in [0.1, 0.15) is 44.2 Å². The van der Waals surface area contributed by atoms with Gasteiger partial charge in [0.2, 0.25) is 27.8 Å². The molecule has 1 saturated carbocycles. The largest absolute Gasteiger partial charge is 0.475 e. The van der Waals surface area contributed by atoms with Crippen LogP contribution in [0.5, 0.6) is 5.88 Å². The Balaban J connectivity index is 1.78. The van der Waals surface area contributed by atoms with Gasteiger partial charge in [0.05, 0.1) is 22.9 Å². The molecule has 9 heteroatoms. The van der Waals surface area contributed by atoms with Gasteiger partial charge in [0.15, 0.2) is 0 Å². The van der Waals surface area contributed by atoms with E-state index >= 15 is 0 Å². The Kier molecular flexibility index (Phi) is 6.11. The van der Waals surface area contributed by atoms with E-state index in [0.717, 1.165) is 23.1 Å². The van der Waals surface area contributed by atoms with E-state index in [9.17, 15) is 13.2 Å². The minimum absolute atomic E-state index is 0.0350. The zero-order valence-corrected chi connectivity index (χ0v) is 19.7. The second-order valence-electron chi connectivity index (χ2n) is 9.20. The number of hydrogen-bond donors (Lipinski definition) is 2. The van der Waals surface area contributed by atoms with Crippen LogP contribution >= 0.6 is 0 Å². The van der Waals surface area contributed by atoms with Gasteiger partial charge in [-0.3, -0.25) is 9.52 Å². The molecule has 0 saturated heterocycles. The SMILES string of the molecule is Cc1cccc(C)c1-c1cc2nc(n1)NS(=O)(=O)C1CCC1C(=O)N[C@H](CC(C)C)CO2. The van der Waals surface area contributed by atoms with Crippen LogP contribution in [0.3, 0.4) is 0 Å². The van der Waals surface area contributed by atoms with Crippen LogP contribution in [0.4, 0.5) is 5.95 Å². The number of hydrogen-bond acceptors (Lipinski definition) is 6. The molecular weight excluding hydrogens is 428 g/mol. The van der Waals surface area contributed by atoms with E-state index in [1.165, 1.54) is 0 Å². The maximum Gasteiger partial charge on any atom is 0.240 e. The van der Waals surface area contributed by atoms with E-state index in [-0.39, 0.29) is 30.4 Å². The number of fused-ring (bicyclic) bond motifs is 3. The van der Waals surface area contributed by atoms with Gasteiger partial charge < -0.3 is 10.1 Å². The summed E-state index contributed by atoms with van der Waals surface area (Å²) in [6.45, 7) is 8.37. The summed E-state index contributed by atoms with van der Waals surface area (Å²) >= 11 is 0. The molecule has 1 aliphatic carbocycles.